The van der Waals surface area contributed by atoms with Gasteiger partial charge in [0.1, 0.15) is 0 Å². The average Bonchev–Trinajstić information content (AvgIpc) is 3.32. The van der Waals surface area contributed by atoms with Crippen LogP contribution in [0, 0.1) is 13.8 Å². The Morgan fingerprint density at radius 2 is 0.791 bits per heavy atom. The van der Waals surface area contributed by atoms with E-state index in [4.69, 9.17) is 0 Å². The van der Waals surface area contributed by atoms with Gasteiger partial charge in [-0.15, -0.1) is 0 Å². The van der Waals surface area contributed by atoms with Crippen molar-refractivity contribution in [2.45, 2.75) is 144 Å². The molecule has 0 saturated carbocycles. The Balaban J connectivity index is 0.00000338. The van der Waals surface area contributed by atoms with E-state index >= 15 is 0 Å². The smallest absolute Gasteiger partial charge is 0.493 e. The van der Waals surface area contributed by atoms with Gasteiger partial charge in [-0.05, 0) is 86.8 Å². The van der Waals surface area contributed by atoms with Crippen LogP contribution < -0.4 is 0 Å². The summed E-state index contributed by atoms with van der Waals surface area (Å²) in [6.07, 6.45) is 19.1. The molecule has 242 valence electrons. The molecule has 2 nitrogen and oxygen atoms in total. The summed E-state index contributed by atoms with van der Waals surface area (Å²) >= 11 is 0. The maximum Gasteiger partial charge on any atom is 2.00 e. The van der Waals surface area contributed by atoms with Crippen molar-refractivity contribution in [2.24, 2.45) is 0 Å². The van der Waals surface area contributed by atoms with E-state index in [0.29, 0.717) is 0 Å². The molecule has 3 heteroatoms. The van der Waals surface area contributed by atoms with Gasteiger partial charge in [-0.3, -0.25) is 0 Å². The fraction of sp³-hybridized carbons (Fsp3) is 0.550. The van der Waals surface area contributed by atoms with Crippen molar-refractivity contribution in [3.63, 3.8) is 0 Å². The SMILES string of the molecule is CCCCCCC1=C(c2ccc(CCCC)cc2)[N+](=[N-])C(c2ccc(CCCCCC)cc2)=C1CCCC.[CH2-]C.[CH2-]C.[Ni+2]. The first-order valence-electron chi connectivity index (χ1n) is 17.2. The maximum atomic E-state index is 11.8. The molecule has 0 saturated heterocycles. The molecule has 0 radical (unpaired) electrons. The van der Waals surface area contributed by atoms with Gasteiger partial charge in [-0.1, -0.05) is 103 Å². The van der Waals surface area contributed by atoms with Crippen molar-refractivity contribution >= 4 is 11.4 Å². The van der Waals surface area contributed by atoms with Crippen LogP contribution in [0.5, 0.6) is 0 Å². The molecule has 3 rings (SSSR count). The van der Waals surface area contributed by atoms with Crippen molar-refractivity contribution in [1.82, 2.24) is 0 Å². The van der Waals surface area contributed by atoms with E-state index in [9.17, 15) is 5.53 Å². The second kappa shape index (κ2) is 25.4. The molecular formula is C40H62N2Ni. The second-order valence-corrected chi connectivity index (χ2v) is 11.2. The Kier molecular flexibility index (Phi) is 24.2. The molecule has 0 unspecified atom stereocenters. The first-order chi connectivity index (χ1) is 20.6. The molecule has 1 aliphatic heterocycles. The van der Waals surface area contributed by atoms with Gasteiger partial charge in [0.25, 0.3) is 0 Å². The predicted molar refractivity (Wildman–Crippen MR) is 187 cm³/mol. The zero-order valence-electron chi connectivity index (χ0n) is 28.6. The van der Waals surface area contributed by atoms with Gasteiger partial charge in [0.2, 0.25) is 11.4 Å². The monoisotopic (exact) mass is 628 g/mol. The van der Waals surface area contributed by atoms with Crippen molar-refractivity contribution in [1.29, 1.82) is 0 Å². The molecule has 0 spiro atoms. The molecule has 1 aliphatic rings. The van der Waals surface area contributed by atoms with Crippen LogP contribution in [0.25, 0.3) is 16.9 Å². The van der Waals surface area contributed by atoms with Gasteiger partial charge < -0.3 is 19.4 Å². The molecular weight excluding hydrogens is 567 g/mol. The molecule has 0 fully saturated rings. The summed E-state index contributed by atoms with van der Waals surface area (Å²) in [5.41, 5.74) is 21.6. The minimum absolute atomic E-state index is 0. The molecule has 43 heavy (non-hydrogen) atoms. The van der Waals surface area contributed by atoms with Gasteiger partial charge in [-0.25, -0.2) is 4.70 Å². The molecule has 0 bridgehead atoms. The van der Waals surface area contributed by atoms with Crippen molar-refractivity contribution in [3.8, 4) is 0 Å². The van der Waals surface area contributed by atoms with Gasteiger partial charge in [0.15, 0.2) is 0 Å². The first kappa shape index (κ1) is 41.0. The van der Waals surface area contributed by atoms with Crippen molar-refractivity contribution < 1.29 is 21.2 Å². The van der Waals surface area contributed by atoms with E-state index in [1.54, 1.807) is 13.8 Å². The number of rotatable bonds is 18. The number of hydrogen-bond acceptors (Lipinski definition) is 0. The Bertz CT molecular complexity index is 1060. The number of benzene rings is 2. The van der Waals surface area contributed by atoms with E-state index in [1.807, 2.05) is 0 Å². The van der Waals surface area contributed by atoms with Crippen LogP contribution in [0.15, 0.2) is 59.7 Å². The van der Waals surface area contributed by atoms with Gasteiger partial charge >= 0.3 is 16.5 Å². The third-order valence-electron chi connectivity index (χ3n) is 8.01. The summed E-state index contributed by atoms with van der Waals surface area (Å²) in [5.74, 6) is 0. The molecule has 0 amide bonds. The summed E-state index contributed by atoms with van der Waals surface area (Å²) in [4.78, 5) is 0. The summed E-state index contributed by atoms with van der Waals surface area (Å²) in [5, 5.41) is 0. The minimum atomic E-state index is 0. The summed E-state index contributed by atoms with van der Waals surface area (Å²) in [6.45, 7) is 19.0. The van der Waals surface area contributed by atoms with E-state index < -0.39 is 0 Å². The topological polar surface area (TPSA) is 25.3 Å². The largest absolute Gasteiger partial charge is 2.00 e. The molecule has 2 aromatic carbocycles. The van der Waals surface area contributed by atoms with E-state index in [0.717, 1.165) is 61.0 Å². The standard InChI is InChI=1S/C36H52N2.2C2H5.Ni/c1-5-9-13-15-18-30-23-27-31(28-24-30)35-33(19-12-8-4)34(20-16-14-10-6-2)36(38(35)37)32-25-21-29(22-26-32)17-11-7-3;2*1-2;/h21-28H,5-20H2,1-4H3;2*1H2,2H3;/q;2*-1;+2. The Morgan fingerprint density at radius 3 is 1.19 bits per heavy atom. The van der Waals surface area contributed by atoms with Crippen LogP contribution in [0.3, 0.4) is 0 Å². The third kappa shape index (κ3) is 13.3. The Hall–Kier alpha value is -1.99. The van der Waals surface area contributed by atoms with E-state index in [1.165, 1.54) is 91.2 Å². The first-order valence-corrected chi connectivity index (χ1v) is 17.2. The fourth-order valence-electron chi connectivity index (χ4n) is 5.66. The zero-order chi connectivity index (χ0) is 31.2. The Morgan fingerprint density at radius 1 is 0.465 bits per heavy atom. The Labute approximate surface area is 277 Å². The quantitative estimate of drug-likeness (QED) is 0.0679. The van der Waals surface area contributed by atoms with Crippen molar-refractivity contribution in [3.05, 3.63) is 101 Å². The molecule has 0 aliphatic carbocycles. The van der Waals surface area contributed by atoms with Crippen LogP contribution >= 0.6 is 0 Å². The van der Waals surface area contributed by atoms with E-state index in [-0.39, 0.29) is 16.5 Å². The fourth-order valence-corrected chi connectivity index (χ4v) is 5.66. The molecule has 0 atom stereocenters. The zero-order valence-corrected chi connectivity index (χ0v) is 29.5. The third-order valence-corrected chi connectivity index (χ3v) is 8.01. The van der Waals surface area contributed by atoms with Crippen LogP contribution in [0.1, 0.15) is 154 Å². The number of aryl methyl sites for hydroxylation is 2. The van der Waals surface area contributed by atoms with Gasteiger partial charge in [-0.2, -0.15) is 13.8 Å². The predicted octanol–water partition coefficient (Wildman–Crippen LogP) is 13.2. The normalized spacial score (nSPS) is 12.4. The van der Waals surface area contributed by atoms with Crippen LogP contribution in [0.4, 0.5) is 0 Å². The summed E-state index contributed by atoms with van der Waals surface area (Å²) in [6, 6.07) is 18.0. The summed E-state index contributed by atoms with van der Waals surface area (Å²) in [7, 11) is 0. The van der Waals surface area contributed by atoms with Gasteiger partial charge in [0.05, 0.1) is 0 Å². The molecule has 2 aromatic rings. The number of nitrogens with zero attached hydrogens (tertiary/aromatic N) is 2. The number of unbranched alkanes of at least 4 members (excludes halogenated alkanes) is 8. The van der Waals surface area contributed by atoms with Crippen LogP contribution in [-0.2, 0) is 29.3 Å². The molecule has 1 heterocycles. The van der Waals surface area contributed by atoms with Crippen LogP contribution in [0.2, 0.25) is 0 Å². The number of allylic oxidation sites excluding steroid dienone is 2. The van der Waals surface area contributed by atoms with E-state index in [2.05, 4.69) is 90.1 Å². The maximum absolute atomic E-state index is 11.8. The van der Waals surface area contributed by atoms with Crippen LogP contribution in [-0.4, -0.2) is 4.70 Å². The second-order valence-electron chi connectivity index (χ2n) is 11.2. The van der Waals surface area contributed by atoms with Crippen molar-refractivity contribution in [2.75, 3.05) is 0 Å². The average molecular weight is 630 g/mol. The minimum Gasteiger partial charge on any atom is -0.493 e. The number of hydrogen-bond donors (Lipinski definition) is 0. The molecule has 0 aromatic heterocycles. The summed E-state index contributed by atoms with van der Waals surface area (Å²) < 4.78 is 1.54. The van der Waals surface area contributed by atoms with Gasteiger partial charge in [0, 0.05) is 22.3 Å². The molecule has 0 N–H and O–H groups in total.